The van der Waals surface area contributed by atoms with Crippen LogP contribution in [0.15, 0.2) is 194 Å². The van der Waals surface area contributed by atoms with E-state index < -0.39 is 0 Å². The average molecular weight is 713 g/mol. The summed E-state index contributed by atoms with van der Waals surface area (Å²) in [5.41, 5.74) is 12.6. The Morgan fingerprint density at radius 2 is 0.964 bits per heavy atom. The second-order valence-corrected chi connectivity index (χ2v) is 14.7. The summed E-state index contributed by atoms with van der Waals surface area (Å²) in [4.78, 5) is 9.48. The third-order valence-corrected chi connectivity index (χ3v) is 11.5. The van der Waals surface area contributed by atoms with E-state index in [0.29, 0.717) is 5.78 Å². The summed E-state index contributed by atoms with van der Waals surface area (Å²) >= 11 is 0. The number of rotatable bonds is 5. The highest BCUT2D eigenvalue weighted by molar-refractivity contribution is 6.24. The molecule has 0 fully saturated rings. The zero-order valence-electron chi connectivity index (χ0n) is 30.3. The van der Waals surface area contributed by atoms with E-state index in [1.54, 1.807) is 6.20 Å². The van der Waals surface area contributed by atoms with Crippen LogP contribution in [0, 0.1) is 0 Å². The summed E-state index contributed by atoms with van der Waals surface area (Å²) in [5.74, 6) is 0.692. The van der Waals surface area contributed by atoms with E-state index in [4.69, 9.17) is 4.98 Å². The summed E-state index contributed by atoms with van der Waals surface area (Å²) < 4.78 is 4.46. The molecule has 4 nitrogen and oxygen atoms in total. The topological polar surface area (TPSA) is 35.1 Å². The van der Waals surface area contributed by atoms with Gasteiger partial charge in [-0.2, -0.15) is 0 Å². The summed E-state index contributed by atoms with van der Waals surface area (Å²) in [7, 11) is 0. The van der Waals surface area contributed by atoms with Crippen molar-refractivity contribution in [2.24, 2.45) is 0 Å². The molecule has 0 bridgehead atoms. The molecule has 3 heterocycles. The normalized spacial score (nSPS) is 11.9. The van der Waals surface area contributed by atoms with Crippen LogP contribution in [-0.4, -0.2) is 18.9 Å². The number of imidazole rings is 1. The average Bonchev–Trinajstić information content (AvgIpc) is 3.82. The Bertz CT molecular complexity index is 3380. The van der Waals surface area contributed by atoms with E-state index in [2.05, 4.69) is 184 Å². The molecule has 9 aromatic carbocycles. The molecule has 0 aliphatic heterocycles. The molecule has 0 saturated heterocycles. The molecule has 0 N–H and O–H groups in total. The maximum absolute atomic E-state index is 4.93. The molecule has 260 valence electrons. The molecule has 0 atom stereocenters. The fourth-order valence-corrected chi connectivity index (χ4v) is 8.96. The Balaban J connectivity index is 0.938. The molecule has 0 spiro atoms. The van der Waals surface area contributed by atoms with Crippen LogP contribution in [-0.2, 0) is 0 Å². The van der Waals surface area contributed by atoms with Crippen molar-refractivity contribution in [3.8, 4) is 50.5 Å². The van der Waals surface area contributed by atoms with Gasteiger partial charge in [0, 0.05) is 40.0 Å². The zero-order chi connectivity index (χ0) is 36.7. The number of hydrogen-bond acceptors (Lipinski definition) is 2. The third kappa shape index (κ3) is 4.66. The second-order valence-electron chi connectivity index (χ2n) is 14.7. The first-order valence-corrected chi connectivity index (χ1v) is 19.1. The number of aromatic nitrogens is 4. The van der Waals surface area contributed by atoms with Crippen molar-refractivity contribution in [2.45, 2.75) is 0 Å². The standard InChI is InChI=1S/C52H32N4/c1-3-10-34(11-4-1)50-51(55-27-9-26-53-52(55)54-50)35-18-16-33(17-19-35)41-28-37-20-22-39-30-42(31-40-23-21-38(29-41)48(37)49(39)40)36-24-25-47-45(32-36)44-14-7-8-15-46(44)56(47)43-12-5-2-6-13-43/h1-32H. The van der Waals surface area contributed by atoms with Crippen LogP contribution in [0.25, 0.3) is 110 Å². The van der Waals surface area contributed by atoms with Gasteiger partial charge in [0.05, 0.1) is 22.4 Å². The maximum atomic E-state index is 4.93. The largest absolute Gasteiger partial charge is 0.309 e. The van der Waals surface area contributed by atoms with Crippen molar-refractivity contribution in [1.82, 2.24) is 18.9 Å². The first-order chi connectivity index (χ1) is 27.7. The number of fused-ring (bicyclic) bond motifs is 4. The van der Waals surface area contributed by atoms with Crippen molar-refractivity contribution in [1.29, 1.82) is 0 Å². The molecular formula is C52H32N4. The number of nitrogens with zero attached hydrogens (tertiary/aromatic N) is 4. The zero-order valence-corrected chi connectivity index (χ0v) is 30.3. The lowest BCUT2D eigenvalue weighted by atomic mass is 9.89. The van der Waals surface area contributed by atoms with E-state index >= 15 is 0 Å². The van der Waals surface area contributed by atoms with Crippen molar-refractivity contribution >= 4 is 59.9 Å². The lowest BCUT2D eigenvalue weighted by Crippen LogP contribution is -1.92. The van der Waals surface area contributed by atoms with Gasteiger partial charge in [0.25, 0.3) is 0 Å². The van der Waals surface area contributed by atoms with Crippen LogP contribution in [0.3, 0.4) is 0 Å². The number of benzene rings is 9. The molecule has 56 heavy (non-hydrogen) atoms. The first-order valence-electron chi connectivity index (χ1n) is 19.1. The van der Waals surface area contributed by atoms with Crippen LogP contribution >= 0.6 is 0 Å². The maximum Gasteiger partial charge on any atom is 0.234 e. The van der Waals surface area contributed by atoms with Crippen molar-refractivity contribution in [3.63, 3.8) is 0 Å². The molecule has 3 aromatic heterocycles. The predicted molar refractivity (Wildman–Crippen MR) is 233 cm³/mol. The van der Waals surface area contributed by atoms with Gasteiger partial charge in [-0.25, -0.2) is 9.97 Å². The minimum atomic E-state index is 0.692. The quantitative estimate of drug-likeness (QED) is 0.167. The summed E-state index contributed by atoms with van der Waals surface area (Å²) in [6, 6.07) is 66.1. The van der Waals surface area contributed by atoms with Gasteiger partial charge in [0.15, 0.2) is 0 Å². The summed E-state index contributed by atoms with van der Waals surface area (Å²) in [6.45, 7) is 0. The highest BCUT2D eigenvalue weighted by atomic mass is 15.1. The Morgan fingerprint density at radius 1 is 0.393 bits per heavy atom. The Hall–Kier alpha value is -7.56. The second kappa shape index (κ2) is 12.0. The van der Waals surface area contributed by atoms with E-state index in [-0.39, 0.29) is 0 Å². The first kappa shape index (κ1) is 30.9. The Kier molecular flexibility index (Phi) is 6.60. The minimum absolute atomic E-state index is 0.692. The van der Waals surface area contributed by atoms with Crippen LogP contribution < -0.4 is 0 Å². The van der Waals surface area contributed by atoms with Gasteiger partial charge in [0.2, 0.25) is 5.78 Å². The fraction of sp³-hybridized carbons (Fsp3) is 0. The molecule has 0 aliphatic carbocycles. The smallest absolute Gasteiger partial charge is 0.234 e. The number of hydrogen-bond donors (Lipinski definition) is 0. The lowest BCUT2D eigenvalue weighted by Gasteiger charge is -2.15. The number of para-hydroxylation sites is 2. The van der Waals surface area contributed by atoms with Gasteiger partial charge < -0.3 is 4.57 Å². The lowest BCUT2D eigenvalue weighted by molar-refractivity contribution is 1.11. The van der Waals surface area contributed by atoms with Gasteiger partial charge in [-0.05, 0) is 115 Å². The third-order valence-electron chi connectivity index (χ3n) is 11.5. The highest BCUT2D eigenvalue weighted by Crippen LogP contribution is 2.42. The van der Waals surface area contributed by atoms with Gasteiger partial charge in [-0.1, -0.05) is 121 Å². The molecule has 12 rings (SSSR count). The fourth-order valence-electron chi connectivity index (χ4n) is 8.96. The van der Waals surface area contributed by atoms with Crippen LogP contribution in [0.1, 0.15) is 0 Å². The SMILES string of the molecule is c1ccc(-c2nc3ncccn3c2-c2ccc(-c3cc4ccc5cc(-c6ccc7c(c6)c6ccccc6n7-c6ccccc6)cc6ccc(c3)c4c56)cc2)cc1. The van der Waals surface area contributed by atoms with Crippen molar-refractivity contribution in [3.05, 3.63) is 194 Å². The molecule has 0 saturated carbocycles. The van der Waals surface area contributed by atoms with Crippen molar-refractivity contribution in [2.75, 3.05) is 0 Å². The van der Waals surface area contributed by atoms with Crippen LogP contribution in [0.4, 0.5) is 0 Å². The van der Waals surface area contributed by atoms with E-state index in [1.807, 2.05) is 18.3 Å². The summed E-state index contributed by atoms with van der Waals surface area (Å²) in [6.07, 6.45) is 3.83. The Labute approximate surface area is 322 Å². The van der Waals surface area contributed by atoms with Gasteiger partial charge in [0.1, 0.15) is 0 Å². The van der Waals surface area contributed by atoms with Crippen LogP contribution in [0.2, 0.25) is 0 Å². The molecule has 0 unspecified atom stereocenters. The van der Waals surface area contributed by atoms with E-state index in [1.165, 1.54) is 82.1 Å². The predicted octanol–water partition coefficient (Wildman–Crippen LogP) is 13.4. The van der Waals surface area contributed by atoms with Gasteiger partial charge in [-0.15, -0.1) is 0 Å². The molecular weight excluding hydrogens is 681 g/mol. The minimum Gasteiger partial charge on any atom is -0.309 e. The molecule has 0 radical (unpaired) electrons. The van der Waals surface area contributed by atoms with E-state index in [9.17, 15) is 0 Å². The highest BCUT2D eigenvalue weighted by Gasteiger charge is 2.18. The van der Waals surface area contributed by atoms with Crippen molar-refractivity contribution < 1.29 is 0 Å². The Morgan fingerprint density at radius 3 is 1.66 bits per heavy atom. The van der Waals surface area contributed by atoms with Gasteiger partial charge >= 0.3 is 0 Å². The van der Waals surface area contributed by atoms with Gasteiger partial charge in [-0.3, -0.25) is 4.40 Å². The molecule has 4 heteroatoms. The molecule has 12 aromatic rings. The van der Waals surface area contributed by atoms with E-state index in [0.717, 1.165) is 22.5 Å². The molecule has 0 aliphatic rings. The molecule has 0 amide bonds. The van der Waals surface area contributed by atoms with Crippen LogP contribution in [0.5, 0.6) is 0 Å². The monoisotopic (exact) mass is 712 g/mol. The summed E-state index contributed by atoms with van der Waals surface area (Å²) in [5, 5.41) is 10.2.